The van der Waals surface area contributed by atoms with Gasteiger partial charge in [-0.3, -0.25) is 9.35 Å². The Balaban J connectivity index is 2.60. The normalized spacial score (nSPS) is 13.4. The number of benzene rings is 1. The number of rotatable bonds is 8. The number of ether oxygens (including phenoxy) is 1. The monoisotopic (exact) mass is 351 g/mol. The number of hydrogen-bond donors (Lipinski definition) is 1. The molecule has 9 heteroatoms. The second-order valence-electron chi connectivity index (χ2n) is 4.83. The van der Waals surface area contributed by atoms with Gasteiger partial charge in [0.15, 0.2) is 6.10 Å². The molecule has 23 heavy (non-hydrogen) atoms. The summed E-state index contributed by atoms with van der Waals surface area (Å²) in [5, 5.41) is -4.55. The van der Waals surface area contributed by atoms with Crippen LogP contribution in [0.25, 0.3) is 0 Å². The Hall–Kier alpha value is -1.74. The molecule has 0 aliphatic rings. The minimum absolute atomic E-state index is 0.200. The summed E-state index contributed by atoms with van der Waals surface area (Å²) < 4.78 is 60.6. The summed E-state index contributed by atoms with van der Waals surface area (Å²) in [7, 11) is -5.65. The molecule has 0 heterocycles. The van der Waals surface area contributed by atoms with Crippen molar-refractivity contribution in [2.75, 3.05) is 18.0 Å². The average Bonchev–Trinajstić information content (AvgIpc) is 2.47. The number of esters is 1. The molecule has 0 aliphatic heterocycles. The fourth-order valence-electron chi connectivity index (χ4n) is 1.87. The number of carbonyl (C=O) groups is 1. The zero-order valence-corrected chi connectivity index (χ0v) is 13.6. The van der Waals surface area contributed by atoms with Gasteiger partial charge in [0, 0.05) is 18.8 Å². The van der Waals surface area contributed by atoms with Crippen molar-refractivity contribution in [2.24, 2.45) is 0 Å². The Labute approximate surface area is 133 Å². The van der Waals surface area contributed by atoms with Gasteiger partial charge in [0.1, 0.15) is 0 Å². The highest BCUT2D eigenvalue weighted by atomic mass is 32.2. The van der Waals surface area contributed by atoms with E-state index in [1.54, 1.807) is 0 Å². The van der Waals surface area contributed by atoms with Crippen LogP contribution in [0.3, 0.4) is 0 Å². The van der Waals surface area contributed by atoms with E-state index in [0.717, 1.165) is 5.69 Å². The van der Waals surface area contributed by atoms with Crippen molar-refractivity contribution < 1.29 is 31.3 Å². The largest absolute Gasteiger partial charge is 0.455 e. The summed E-state index contributed by atoms with van der Waals surface area (Å²) in [5.74, 6) is -0.977. The van der Waals surface area contributed by atoms with Crippen LogP contribution < -0.4 is 4.90 Å². The van der Waals surface area contributed by atoms with Crippen molar-refractivity contribution in [1.82, 2.24) is 0 Å². The van der Waals surface area contributed by atoms with E-state index in [4.69, 9.17) is 4.55 Å². The van der Waals surface area contributed by atoms with Crippen LogP contribution in [-0.2, 0) is 19.6 Å². The summed E-state index contributed by atoms with van der Waals surface area (Å²) in [6.45, 7) is 3.39. The lowest BCUT2D eigenvalue weighted by Crippen LogP contribution is -2.42. The molecule has 0 saturated carbocycles. The lowest BCUT2D eigenvalue weighted by molar-refractivity contribution is -0.159. The van der Waals surface area contributed by atoms with Crippen LogP contribution in [0.5, 0.6) is 0 Å². The Morgan fingerprint density at radius 3 is 2.39 bits per heavy atom. The topological polar surface area (TPSA) is 83.9 Å². The van der Waals surface area contributed by atoms with Crippen LogP contribution in [-0.4, -0.2) is 43.4 Å². The lowest BCUT2D eigenvalue weighted by Gasteiger charge is -2.24. The molecule has 0 radical (unpaired) electrons. The maximum absolute atomic E-state index is 13.3. The first-order valence-corrected chi connectivity index (χ1v) is 8.38. The Kier molecular flexibility index (Phi) is 6.46. The third kappa shape index (κ3) is 5.14. The smallest absolute Gasteiger partial charge is 0.405 e. The van der Waals surface area contributed by atoms with Crippen LogP contribution in [0.4, 0.5) is 14.5 Å². The average molecular weight is 351 g/mol. The molecule has 0 aliphatic carbocycles. The number of alkyl halides is 2. The van der Waals surface area contributed by atoms with Crippen molar-refractivity contribution in [3.63, 3.8) is 0 Å². The number of anilines is 1. The van der Waals surface area contributed by atoms with Gasteiger partial charge in [-0.1, -0.05) is 18.2 Å². The number of carbonyl (C=O) groups excluding carboxylic acids is 1. The maximum Gasteiger partial charge on any atom is 0.405 e. The molecule has 1 aromatic carbocycles. The Morgan fingerprint density at radius 1 is 1.35 bits per heavy atom. The Bertz CT molecular complexity index is 621. The molecule has 0 amide bonds. The minimum atomic E-state index is -5.65. The zero-order valence-electron chi connectivity index (χ0n) is 12.8. The van der Waals surface area contributed by atoms with Gasteiger partial charge in [0.25, 0.3) is 0 Å². The third-order valence-corrected chi connectivity index (χ3v) is 4.23. The molecular weight excluding hydrogens is 332 g/mol. The van der Waals surface area contributed by atoms with Crippen molar-refractivity contribution in [1.29, 1.82) is 0 Å². The van der Waals surface area contributed by atoms with Gasteiger partial charge in [0.05, 0.1) is 6.42 Å². The molecule has 0 saturated heterocycles. The van der Waals surface area contributed by atoms with Gasteiger partial charge < -0.3 is 9.64 Å². The minimum Gasteiger partial charge on any atom is -0.455 e. The summed E-state index contributed by atoms with van der Waals surface area (Å²) >= 11 is 0. The molecule has 6 nitrogen and oxygen atoms in total. The number of nitrogens with zero attached hydrogens (tertiary/aromatic N) is 1. The lowest BCUT2D eigenvalue weighted by atomic mass is 10.2. The molecule has 0 spiro atoms. The van der Waals surface area contributed by atoms with Crippen LogP contribution in [0.1, 0.15) is 20.3 Å². The summed E-state index contributed by atoms with van der Waals surface area (Å²) in [6, 6.07) is 9.16. The van der Waals surface area contributed by atoms with Gasteiger partial charge in [0.2, 0.25) is 0 Å². The summed E-state index contributed by atoms with van der Waals surface area (Å²) in [5.41, 5.74) is 0.860. The highest BCUT2D eigenvalue weighted by Crippen LogP contribution is 2.27. The number of hydrogen-bond acceptors (Lipinski definition) is 5. The van der Waals surface area contributed by atoms with Crippen LogP contribution >= 0.6 is 0 Å². The fourth-order valence-corrected chi connectivity index (χ4v) is 2.34. The zero-order chi connectivity index (χ0) is 17.7. The molecule has 1 aromatic rings. The number of para-hydroxylation sites is 1. The highest BCUT2D eigenvalue weighted by molar-refractivity contribution is 7.86. The van der Waals surface area contributed by atoms with Crippen molar-refractivity contribution in [3.8, 4) is 0 Å². The second kappa shape index (κ2) is 7.69. The van der Waals surface area contributed by atoms with E-state index in [1.807, 2.05) is 42.2 Å². The maximum atomic E-state index is 13.3. The van der Waals surface area contributed by atoms with E-state index in [1.165, 1.54) is 0 Å². The summed E-state index contributed by atoms with van der Waals surface area (Å²) in [4.78, 5) is 13.5. The van der Waals surface area contributed by atoms with Gasteiger partial charge in [-0.15, -0.1) is 0 Å². The first-order valence-electron chi connectivity index (χ1n) is 6.94. The van der Waals surface area contributed by atoms with E-state index < -0.39 is 27.4 Å². The summed E-state index contributed by atoms with van der Waals surface area (Å²) in [6.07, 6.45) is -2.48. The van der Waals surface area contributed by atoms with Gasteiger partial charge in [-0.25, -0.2) is 0 Å². The standard InChI is InChI=1S/C14H19F2NO5S/c1-3-17(12-7-5-4-6-8-12)10-9-13(18)22-11(2)14(15,16)23(19,20)21/h4-8,11H,3,9-10H2,1-2H3,(H,19,20,21). The molecule has 1 N–H and O–H groups in total. The molecular formula is C14H19F2NO5S. The molecule has 1 unspecified atom stereocenters. The first kappa shape index (κ1) is 19.3. The molecule has 0 aromatic heterocycles. The number of halogens is 2. The Morgan fingerprint density at radius 2 is 1.91 bits per heavy atom. The predicted molar refractivity (Wildman–Crippen MR) is 81.0 cm³/mol. The first-order chi connectivity index (χ1) is 10.6. The quantitative estimate of drug-likeness (QED) is 0.572. The third-order valence-electron chi connectivity index (χ3n) is 3.21. The second-order valence-corrected chi connectivity index (χ2v) is 6.33. The molecule has 1 rings (SSSR count). The van der Waals surface area contributed by atoms with Crippen molar-refractivity contribution >= 4 is 21.8 Å². The molecule has 130 valence electrons. The van der Waals surface area contributed by atoms with Crippen LogP contribution in [0, 0.1) is 0 Å². The van der Waals surface area contributed by atoms with E-state index in [0.29, 0.717) is 13.5 Å². The van der Waals surface area contributed by atoms with Crippen LogP contribution in [0.15, 0.2) is 30.3 Å². The van der Waals surface area contributed by atoms with Crippen molar-refractivity contribution in [2.45, 2.75) is 31.6 Å². The van der Waals surface area contributed by atoms with Crippen LogP contribution in [0.2, 0.25) is 0 Å². The van der Waals surface area contributed by atoms with E-state index in [9.17, 15) is 22.0 Å². The fraction of sp³-hybridized carbons (Fsp3) is 0.500. The molecule has 0 fully saturated rings. The van der Waals surface area contributed by atoms with E-state index in [-0.39, 0.29) is 13.0 Å². The van der Waals surface area contributed by atoms with E-state index >= 15 is 0 Å². The molecule has 0 bridgehead atoms. The highest BCUT2D eigenvalue weighted by Gasteiger charge is 2.51. The van der Waals surface area contributed by atoms with Gasteiger partial charge >= 0.3 is 21.3 Å². The van der Waals surface area contributed by atoms with E-state index in [2.05, 4.69) is 4.74 Å². The van der Waals surface area contributed by atoms with Gasteiger partial charge in [-0.05, 0) is 26.0 Å². The molecule has 1 atom stereocenters. The van der Waals surface area contributed by atoms with Gasteiger partial charge in [-0.2, -0.15) is 17.2 Å². The predicted octanol–water partition coefficient (Wildman–Crippen LogP) is 2.32. The SMILES string of the molecule is CCN(CCC(=O)OC(C)C(F)(F)S(=O)(=O)O)c1ccccc1. The van der Waals surface area contributed by atoms with Crippen molar-refractivity contribution in [3.05, 3.63) is 30.3 Å².